The van der Waals surface area contributed by atoms with Gasteiger partial charge in [-0.25, -0.2) is 0 Å². The van der Waals surface area contributed by atoms with Crippen molar-refractivity contribution in [2.45, 2.75) is 26.3 Å². The van der Waals surface area contributed by atoms with E-state index < -0.39 is 0 Å². The number of hydrogen-bond acceptors (Lipinski definition) is 3. The average Bonchev–Trinajstić information content (AvgIpc) is 2.72. The summed E-state index contributed by atoms with van der Waals surface area (Å²) in [4.78, 5) is 1.24. The van der Waals surface area contributed by atoms with Gasteiger partial charge in [-0.2, -0.15) is 0 Å². The lowest BCUT2D eigenvalue weighted by atomic mass is 10.1. The highest BCUT2D eigenvalue weighted by atomic mass is 32.1. The molecule has 1 aromatic rings. The Morgan fingerprint density at radius 3 is 3.00 bits per heavy atom. The van der Waals surface area contributed by atoms with E-state index in [9.17, 15) is 0 Å². The minimum atomic E-state index is 0.289. The van der Waals surface area contributed by atoms with Crippen LogP contribution >= 0.6 is 11.3 Å². The van der Waals surface area contributed by atoms with Gasteiger partial charge in [0.15, 0.2) is 0 Å². The molecule has 1 rings (SSSR count). The maximum absolute atomic E-state index is 5.31. The maximum Gasteiger partial charge on any atom is 0.134 e. The fourth-order valence-electron chi connectivity index (χ4n) is 1.44. The summed E-state index contributed by atoms with van der Waals surface area (Å²) in [6.45, 7) is 4.91. The molecule has 0 amide bonds. The van der Waals surface area contributed by atoms with Crippen LogP contribution in [0.5, 0.6) is 5.75 Å². The van der Waals surface area contributed by atoms with Gasteiger partial charge >= 0.3 is 0 Å². The smallest absolute Gasteiger partial charge is 0.134 e. The third-order valence-electron chi connectivity index (χ3n) is 2.13. The second-order valence-electron chi connectivity index (χ2n) is 3.09. The molecule has 0 fully saturated rings. The molecule has 3 heteroatoms. The van der Waals surface area contributed by atoms with Crippen LogP contribution in [0.1, 0.15) is 31.2 Å². The molecule has 0 aliphatic rings. The van der Waals surface area contributed by atoms with E-state index in [2.05, 4.69) is 29.5 Å². The van der Waals surface area contributed by atoms with Gasteiger partial charge in [0, 0.05) is 6.42 Å². The predicted octanol–water partition coefficient (Wildman–Crippen LogP) is 2.82. The number of methoxy groups -OCH3 is 1. The minimum absolute atomic E-state index is 0.289. The first-order valence-electron chi connectivity index (χ1n) is 5.07. The molecule has 0 spiro atoms. The zero-order valence-electron chi connectivity index (χ0n) is 9.46. The first-order valence-corrected chi connectivity index (χ1v) is 5.95. The van der Waals surface area contributed by atoms with Gasteiger partial charge in [-0.1, -0.05) is 6.92 Å². The molecular weight excluding hydrogens is 206 g/mol. The van der Waals surface area contributed by atoms with Crippen molar-refractivity contribution in [2.24, 2.45) is 0 Å². The van der Waals surface area contributed by atoms with Crippen molar-refractivity contribution in [3.8, 4) is 17.6 Å². The van der Waals surface area contributed by atoms with Crippen molar-refractivity contribution in [1.82, 2.24) is 5.32 Å². The zero-order chi connectivity index (χ0) is 11.1. The zero-order valence-corrected chi connectivity index (χ0v) is 10.3. The van der Waals surface area contributed by atoms with Gasteiger partial charge < -0.3 is 10.1 Å². The van der Waals surface area contributed by atoms with Gasteiger partial charge in [-0.3, -0.25) is 0 Å². The van der Waals surface area contributed by atoms with E-state index in [1.807, 2.05) is 13.0 Å². The third-order valence-corrected chi connectivity index (χ3v) is 3.14. The molecule has 15 heavy (non-hydrogen) atoms. The molecule has 1 unspecified atom stereocenters. The van der Waals surface area contributed by atoms with Crippen LogP contribution in [0.2, 0.25) is 0 Å². The first-order chi connectivity index (χ1) is 7.33. The monoisotopic (exact) mass is 223 g/mol. The minimum Gasteiger partial charge on any atom is -0.496 e. The van der Waals surface area contributed by atoms with Gasteiger partial charge in [0.2, 0.25) is 0 Å². The van der Waals surface area contributed by atoms with Crippen LogP contribution < -0.4 is 10.1 Å². The quantitative estimate of drug-likeness (QED) is 0.775. The molecule has 0 aliphatic heterocycles. The molecule has 1 heterocycles. The Hall–Kier alpha value is -0.980. The fraction of sp³-hybridized carbons (Fsp3) is 0.500. The summed E-state index contributed by atoms with van der Waals surface area (Å²) in [7, 11) is 1.71. The van der Waals surface area contributed by atoms with Crippen LogP contribution in [0.15, 0.2) is 11.4 Å². The Kier molecular flexibility index (Phi) is 5.23. The van der Waals surface area contributed by atoms with Gasteiger partial charge in [0.05, 0.1) is 18.0 Å². The van der Waals surface area contributed by atoms with E-state index in [-0.39, 0.29) is 6.04 Å². The normalized spacial score (nSPS) is 11.7. The van der Waals surface area contributed by atoms with E-state index in [0.717, 1.165) is 18.7 Å². The number of thiophene rings is 1. The molecule has 1 aromatic heterocycles. The first kappa shape index (κ1) is 12.1. The van der Waals surface area contributed by atoms with E-state index in [0.29, 0.717) is 0 Å². The summed E-state index contributed by atoms with van der Waals surface area (Å²) < 4.78 is 5.31. The fourth-order valence-corrected chi connectivity index (χ4v) is 2.38. The topological polar surface area (TPSA) is 21.3 Å². The second-order valence-corrected chi connectivity index (χ2v) is 4.04. The lowest BCUT2D eigenvalue weighted by molar-refractivity contribution is 0.404. The van der Waals surface area contributed by atoms with Crippen LogP contribution in [-0.2, 0) is 0 Å². The molecular formula is C12H17NOS. The highest BCUT2D eigenvalue weighted by Gasteiger charge is 2.15. The second kappa shape index (κ2) is 6.49. The number of rotatable bonds is 5. The van der Waals surface area contributed by atoms with Crippen LogP contribution in [0.4, 0.5) is 0 Å². The highest BCUT2D eigenvalue weighted by Crippen LogP contribution is 2.32. The van der Waals surface area contributed by atoms with Crippen molar-refractivity contribution in [3.05, 3.63) is 16.3 Å². The molecule has 0 saturated carbocycles. The summed E-state index contributed by atoms with van der Waals surface area (Å²) in [6.07, 6.45) is 0.835. The molecule has 0 bridgehead atoms. The van der Waals surface area contributed by atoms with Crippen LogP contribution in [0, 0.1) is 11.8 Å². The SMILES string of the molecule is CC#CCC(NCC)c1sccc1OC. The Balaban J connectivity index is 2.80. The van der Waals surface area contributed by atoms with Crippen LogP contribution in [0.25, 0.3) is 0 Å². The summed E-state index contributed by atoms with van der Waals surface area (Å²) in [5, 5.41) is 5.48. The van der Waals surface area contributed by atoms with Gasteiger partial charge in [-0.05, 0) is 24.9 Å². The maximum atomic E-state index is 5.31. The Morgan fingerprint density at radius 2 is 2.40 bits per heavy atom. The number of hydrogen-bond donors (Lipinski definition) is 1. The molecule has 0 saturated heterocycles. The molecule has 0 aromatic carbocycles. The van der Waals surface area contributed by atoms with Crippen LogP contribution in [0.3, 0.4) is 0 Å². The third kappa shape index (κ3) is 3.26. The Labute approximate surface area is 95.7 Å². The predicted molar refractivity (Wildman–Crippen MR) is 65.4 cm³/mol. The van der Waals surface area contributed by atoms with Crippen molar-refractivity contribution >= 4 is 11.3 Å². The molecule has 0 radical (unpaired) electrons. The lowest BCUT2D eigenvalue weighted by Crippen LogP contribution is -2.19. The molecule has 2 nitrogen and oxygen atoms in total. The number of ether oxygens (including phenoxy) is 1. The van der Waals surface area contributed by atoms with E-state index in [1.54, 1.807) is 18.4 Å². The summed E-state index contributed by atoms with van der Waals surface area (Å²) >= 11 is 1.72. The van der Waals surface area contributed by atoms with Crippen molar-refractivity contribution < 1.29 is 4.74 Å². The van der Waals surface area contributed by atoms with E-state index in [4.69, 9.17) is 4.74 Å². The molecule has 1 atom stereocenters. The largest absolute Gasteiger partial charge is 0.496 e. The summed E-state index contributed by atoms with van der Waals surface area (Å²) in [5.41, 5.74) is 0. The molecule has 82 valence electrons. The molecule has 1 N–H and O–H groups in total. The van der Waals surface area contributed by atoms with E-state index >= 15 is 0 Å². The lowest BCUT2D eigenvalue weighted by Gasteiger charge is -2.15. The van der Waals surface area contributed by atoms with Gasteiger partial charge in [0.25, 0.3) is 0 Å². The Morgan fingerprint density at radius 1 is 1.60 bits per heavy atom. The van der Waals surface area contributed by atoms with Gasteiger partial charge in [-0.15, -0.1) is 23.2 Å². The van der Waals surface area contributed by atoms with Crippen molar-refractivity contribution in [1.29, 1.82) is 0 Å². The van der Waals surface area contributed by atoms with Crippen molar-refractivity contribution in [2.75, 3.05) is 13.7 Å². The summed E-state index contributed by atoms with van der Waals surface area (Å²) in [6, 6.07) is 2.29. The highest BCUT2D eigenvalue weighted by molar-refractivity contribution is 7.10. The summed E-state index contributed by atoms with van der Waals surface area (Å²) in [5.74, 6) is 7.00. The van der Waals surface area contributed by atoms with Gasteiger partial charge in [0.1, 0.15) is 5.75 Å². The Bertz CT molecular complexity index is 348. The van der Waals surface area contributed by atoms with Crippen molar-refractivity contribution in [3.63, 3.8) is 0 Å². The number of nitrogens with one attached hydrogen (secondary N) is 1. The standard InChI is InChI=1S/C12H17NOS/c1-4-6-7-10(13-5-2)12-11(14-3)8-9-15-12/h8-10,13H,5,7H2,1-3H3. The molecule has 0 aliphatic carbocycles. The van der Waals surface area contributed by atoms with Crippen LogP contribution in [-0.4, -0.2) is 13.7 Å². The average molecular weight is 223 g/mol. The van der Waals surface area contributed by atoms with E-state index in [1.165, 1.54) is 4.88 Å².